The summed E-state index contributed by atoms with van der Waals surface area (Å²) in [6, 6.07) is 6.62. The van der Waals surface area contributed by atoms with E-state index in [1.807, 2.05) is 0 Å². The fourth-order valence-corrected chi connectivity index (χ4v) is 2.90. The van der Waals surface area contributed by atoms with Gasteiger partial charge in [0.05, 0.1) is 24.3 Å². The van der Waals surface area contributed by atoms with Crippen molar-refractivity contribution in [3.63, 3.8) is 0 Å². The molecule has 0 N–H and O–H groups in total. The van der Waals surface area contributed by atoms with Crippen LogP contribution in [0.15, 0.2) is 24.3 Å². The Bertz CT molecular complexity index is 673. The molecule has 140 valence electrons. The zero-order valence-electron chi connectivity index (χ0n) is 15.2. The average molecular weight is 361 g/mol. The molecule has 1 aromatic rings. The van der Waals surface area contributed by atoms with Gasteiger partial charge in [-0.25, -0.2) is 0 Å². The van der Waals surface area contributed by atoms with Gasteiger partial charge >= 0.3 is 11.9 Å². The summed E-state index contributed by atoms with van der Waals surface area (Å²) in [7, 11) is 0. The highest BCUT2D eigenvalue weighted by atomic mass is 16.6. The van der Waals surface area contributed by atoms with Gasteiger partial charge in [-0.1, -0.05) is 12.1 Å². The quantitative estimate of drug-likeness (QED) is 0.401. The molecule has 0 bridgehead atoms. The SMILES string of the molecule is CCOC(=O)C(C)(CCCN1C(=O)c2ccccc2C1=O)C(=O)OCC. The van der Waals surface area contributed by atoms with Crippen LogP contribution in [-0.2, 0) is 19.1 Å². The Balaban J connectivity index is 2.06. The van der Waals surface area contributed by atoms with Crippen LogP contribution in [0.3, 0.4) is 0 Å². The monoisotopic (exact) mass is 361 g/mol. The van der Waals surface area contributed by atoms with Gasteiger partial charge in [0.15, 0.2) is 5.41 Å². The van der Waals surface area contributed by atoms with Crippen molar-refractivity contribution in [2.24, 2.45) is 5.41 Å². The topological polar surface area (TPSA) is 90.0 Å². The minimum atomic E-state index is -1.47. The highest BCUT2D eigenvalue weighted by Gasteiger charge is 2.44. The van der Waals surface area contributed by atoms with Gasteiger partial charge in [-0.15, -0.1) is 0 Å². The van der Waals surface area contributed by atoms with Crippen molar-refractivity contribution in [2.75, 3.05) is 19.8 Å². The largest absolute Gasteiger partial charge is 0.465 e. The van der Waals surface area contributed by atoms with Crippen LogP contribution in [0.5, 0.6) is 0 Å². The van der Waals surface area contributed by atoms with Gasteiger partial charge < -0.3 is 9.47 Å². The molecule has 2 rings (SSSR count). The van der Waals surface area contributed by atoms with Crippen LogP contribution in [0.2, 0.25) is 0 Å². The molecule has 0 fully saturated rings. The molecule has 1 aliphatic rings. The molecule has 2 amide bonds. The molecule has 1 aromatic carbocycles. The van der Waals surface area contributed by atoms with Gasteiger partial charge in [0.25, 0.3) is 11.8 Å². The minimum absolute atomic E-state index is 0.109. The van der Waals surface area contributed by atoms with Gasteiger partial charge in [-0.05, 0) is 45.7 Å². The number of amides is 2. The molecule has 1 heterocycles. The number of benzene rings is 1. The molecule has 0 radical (unpaired) electrons. The second-order valence-corrected chi connectivity index (χ2v) is 6.18. The molecule has 0 unspecified atom stereocenters. The molecule has 0 spiro atoms. The van der Waals surface area contributed by atoms with E-state index in [1.165, 1.54) is 6.92 Å². The lowest BCUT2D eigenvalue weighted by Crippen LogP contribution is -2.40. The van der Waals surface area contributed by atoms with Gasteiger partial charge in [0, 0.05) is 6.54 Å². The van der Waals surface area contributed by atoms with Gasteiger partial charge in [-0.3, -0.25) is 24.1 Å². The maximum absolute atomic E-state index is 12.4. The number of rotatable bonds is 8. The number of esters is 2. The smallest absolute Gasteiger partial charge is 0.323 e. The predicted octanol–water partition coefficient (Wildman–Crippen LogP) is 2.20. The molecule has 7 heteroatoms. The van der Waals surface area contributed by atoms with Crippen molar-refractivity contribution < 1.29 is 28.7 Å². The van der Waals surface area contributed by atoms with Crippen LogP contribution >= 0.6 is 0 Å². The molecule has 1 aliphatic heterocycles. The van der Waals surface area contributed by atoms with Crippen molar-refractivity contribution in [3.05, 3.63) is 35.4 Å². The first-order valence-corrected chi connectivity index (χ1v) is 8.66. The number of ether oxygens (including phenoxy) is 2. The van der Waals surface area contributed by atoms with Crippen LogP contribution in [0.4, 0.5) is 0 Å². The predicted molar refractivity (Wildman–Crippen MR) is 92.4 cm³/mol. The summed E-state index contributed by atoms with van der Waals surface area (Å²) in [6.45, 7) is 5.18. The average Bonchev–Trinajstić information content (AvgIpc) is 2.87. The fraction of sp³-hybridized carbons (Fsp3) is 0.474. The molecule has 0 atom stereocenters. The summed E-state index contributed by atoms with van der Waals surface area (Å²) < 4.78 is 10.0. The highest BCUT2D eigenvalue weighted by Crippen LogP contribution is 2.29. The second kappa shape index (κ2) is 8.12. The first-order chi connectivity index (χ1) is 12.4. The van der Waals surface area contributed by atoms with Crippen molar-refractivity contribution in [1.82, 2.24) is 4.90 Å². The van der Waals surface area contributed by atoms with Gasteiger partial charge in [0.2, 0.25) is 0 Å². The molecule has 26 heavy (non-hydrogen) atoms. The van der Waals surface area contributed by atoms with Crippen LogP contribution in [0.1, 0.15) is 54.3 Å². The first kappa shape index (κ1) is 19.6. The van der Waals surface area contributed by atoms with E-state index < -0.39 is 17.4 Å². The molecular weight excluding hydrogens is 338 g/mol. The number of carbonyl (C=O) groups is 4. The fourth-order valence-electron chi connectivity index (χ4n) is 2.90. The Hall–Kier alpha value is -2.70. The van der Waals surface area contributed by atoms with Crippen LogP contribution < -0.4 is 0 Å². The van der Waals surface area contributed by atoms with E-state index in [0.717, 1.165) is 4.90 Å². The zero-order chi connectivity index (χ0) is 19.3. The number of carbonyl (C=O) groups excluding carboxylic acids is 4. The summed E-state index contributed by atoms with van der Waals surface area (Å²) in [5, 5.41) is 0. The zero-order valence-corrected chi connectivity index (χ0v) is 15.2. The number of hydrogen-bond acceptors (Lipinski definition) is 6. The molecular formula is C19H23NO6. The van der Waals surface area contributed by atoms with E-state index in [2.05, 4.69) is 0 Å². The highest BCUT2D eigenvalue weighted by molar-refractivity contribution is 6.21. The van der Waals surface area contributed by atoms with Gasteiger partial charge in [-0.2, -0.15) is 0 Å². The van der Waals surface area contributed by atoms with E-state index in [9.17, 15) is 19.2 Å². The lowest BCUT2D eigenvalue weighted by Gasteiger charge is -2.25. The third-order valence-electron chi connectivity index (χ3n) is 4.39. The third-order valence-corrected chi connectivity index (χ3v) is 4.39. The Morgan fingerprint density at radius 2 is 1.42 bits per heavy atom. The van der Waals surface area contributed by atoms with E-state index in [-0.39, 0.29) is 44.4 Å². The van der Waals surface area contributed by atoms with E-state index in [1.54, 1.807) is 38.1 Å². The number of imide groups is 1. The lowest BCUT2D eigenvalue weighted by molar-refractivity contribution is -0.171. The maximum atomic E-state index is 12.4. The van der Waals surface area contributed by atoms with E-state index in [0.29, 0.717) is 11.1 Å². The minimum Gasteiger partial charge on any atom is -0.465 e. The maximum Gasteiger partial charge on any atom is 0.323 e. The first-order valence-electron chi connectivity index (χ1n) is 8.66. The molecule has 0 saturated carbocycles. The summed E-state index contributed by atoms with van der Waals surface area (Å²) in [5.41, 5.74) is -0.725. The van der Waals surface area contributed by atoms with Crippen molar-refractivity contribution in [1.29, 1.82) is 0 Å². The third kappa shape index (κ3) is 3.61. The molecule has 0 aromatic heterocycles. The van der Waals surface area contributed by atoms with Crippen LogP contribution in [0, 0.1) is 5.41 Å². The van der Waals surface area contributed by atoms with Crippen LogP contribution in [-0.4, -0.2) is 48.4 Å². The number of fused-ring (bicyclic) bond motifs is 1. The standard InChI is InChI=1S/C19H23NO6/c1-4-25-17(23)19(3,18(24)26-5-2)11-8-12-20-15(21)13-9-6-7-10-14(13)16(20)22/h6-7,9-10H,4-5,8,11-12H2,1-3H3. The van der Waals surface area contributed by atoms with E-state index >= 15 is 0 Å². The summed E-state index contributed by atoms with van der Waals surface area (Å²) in [4.78, 5) is 50.3. The lowest BCUT2D eigenvalue weighted by atomic mass is 9.85. The normalized spacial score (nSPS) is 13.6. The second-order valence-electron chi connectivity index (χ2n) is 6.18. The van der Waals surface area contributed by atoms with Crippen molar-refractivity contribution in [3.8, 4) is 0 Å². The summed E-state index contributed by atoms with van der Waals surface area (Å²) in [6.07, 6.45) is 0.387. The molecule has 0 aliphatic carbocycles. The summed E-state index contributed by atoms with van der Waals surface area (Å²) >= 11 is 0. The molecule has 0 saturated heterocycles. The Labute approximate surface area is 152 Å². The van der Waals surface area contributed by atoms with E-state index in [4.69, 9.17) is 9.47 Å². The van der Waals surface area contributed by atoms with Crippen molar-refractivity contribution >= 4 is 23.8 Å². The van der Waals surface area contributed by atoms with Gasteiger partial charge in [0.1, 0.15) is 0 Å². The Morgan fingerprint density at radius 3 is 1.85 bits per heavy atom. The Morgan fingerprint density at radius 1 is 0.962 bits per heavy atom. The van der Waals surface area contributed by atoms with Crippen molar-refractivity contribution in [2.45, 2.75) is 33.6 Å². The molecule has 7 nitrogen and oxygen atoms in total. The van der Waals surface area contributed by atoms with Crippen LogP contribution in [0.25, 0.3) is 0 Å². The summed E-state index contributed by atoms with van der Waals surface area (Å²) in [5.74, 6) is -2.05. The Kier molecular flexibility index (Phi) is 6.13. The number of hydrogen-bond donors (Lipinski definition) is 0. The number of nitrogens with zero attached hydrogens (tertiary/aromatic N) is 1.